The van der Waals surface area contributed by atoms with E-state index in [4.69, 9.17) is 0 Å². The summed E-state index contributed by atoms with van der Waals surface area (Å²) in [5.74, 6) is -0.401. The summed E-state index contributed by atoms with van der Waals surface area (Å²) in [7, 11) is 1.86. The molecule has 1 aromatic rings. The fraction of sp³-hybridized carbons (Fsp3) is 0.364. The van der Waals surface area contributed by atoms with Crippen molar-refractivity contribution in [2.24, 2.45) is 5.92 Å². The minimum Gasteiger partial charge on any atom is -0.372 e. The number of nitrogens with one attached hydrogen (secondary N) is 1. The lowest BCUT2D eigenvalue weighted by Gasteiger charge is -2.19. The Bertz CT molecular complexity index is 406. The first kappa shape index (κ1) is 9.96. The SMILES string of the molecule is CC1CN(C)c2cc(F)ccc2NC1=O. The molecule has 0 radical (unpaired) electrons. The third-order valence-electron chi connectivity index (χ3n) is 2.62. The molecule has 1 atom stereocenters. The minimum absolute atomic E-state index is 0.0211. The van der Waals surface area contributed by atoms with Gasteiger partial charge in [-0.3, -0.25) is 4.79 Å². The van der Waals surface area contributed by atoms with Gasteiger partial charge in [0.15, 0.2) is 0 Å². The van der Waals surface area contributed by atoms with Gasteiger partial charge >= 0.3 is 0 Å². The molecule has 0 aliphatic carbocycles. The molecule has 80 valence electrons. The van der Waals surface area contributed by atoms with Gasteiger partial charge in [-0.25, -0.2) is 4.39 Å². The molecule has 0 fully saturated rings. The Kier molecular flexibility index (Phi) is 2.34. The van der Waals surface area contributed by atoms with Crippen LogP contribution in [0.15, 0.2) is 18.2 Å². The highest BCUT2D eigenvalue weighted by atomic mass is 19.1. The predicted octanol–water partition coefficient (Wildman–Crippen LogP) is 1.85. The van der Waals surface area contributed by atoms with Crippen LogP contribution in [0.5, 0.6) is 0 Å². The van der Waals surface area contributed by atoms with Gasteiger partial charge in [-0.15, -0.1) is 0 Å². The second kappa shape index (κ2) is 3.53. The molecule has 15 heavy (non-hydrogen) atoms. The van der Waals surface area contributed by atoms with E-state index in [0.717, 1.165) is 5.69 Å². The molecular formula is C11H13FN2O. The van der Waals surface area contributed by atoms with Crippen molar-refractivity contribution in [1.29, 1.82) is 0 Å². The molecule has 1 aromatic carbocycles. The van der Waals surface area contributed by atoms with Crippen LogP contribution >= 0.6 is 0 Å². The fourth-order valence-electron chi connectivity index (χ4n) is 1.77. The lowest BCUT2D eigenvalue weighted by atomic mass is 10.1. The van der Waals surface area contributed by atoms with Gasteiger partial charge in [0.2, 0.25) is 5.91 Å². The molecule has 3 nitrogen and oxygen atoms in total. The van der Waals surface area contributed by atoms with E-state index >= 15 is 0 Å². The molecule has 1 aliphatic heterocycles. The number of anilines is 2. The number of carbonyl (C=O) groups is 1. The van der Waals surface area contributed by atoms with Gasteiger partial charge in [0.05, 0.1) is 17.3 Å². The molecule has 1 aliphatic rings. The Morgan fingerprint density at radius 3 is 3.00 bits per heavy atom. The summed E-state index contributed by atoms with van der Waals surface area (Å²) < 4.78 is 13.1. The van der Waals surface area contributed by atoms with E-state index in [0.29, 0.717) is 12.2 Å². The van der Waals surface area contributed by atoms with Crippen molar-refractivity contribution in [3.05, 3.63) is 24.0 Å². The molecule has 0 saturated heterocycles. The van der Waals surface area contributed by atoms with Crippen molar-refractivity contribution < 1.29 is 9.18 Å². The monoisotopic (exact) mass is 208 g/mol. The van der Waals surface area contributed by atoms with Crippen LogP contribution in [0.1, 0.15) is 6.92 Å². The van der Waals surface area contributed by atoms with E-state index in [1.165, 1.54) is 12.1 Å². The second-order valence-electron chi connectivity index (χ2n) is 3.93. The second-order valence-corrected chi connectivity index (χ2v) is 3.93. The Morgan fingerprint density at radius 1 is 1.53 bits per heavy atom. The fourth-order valence-corrected chi connectivity index (χ4v) is 1.77. The molecular weight excluding hydrogens is 195 g/mol. The van der Waals surface area contributed by atoms with E-state index in [-0.39, 0.29) is 17.6 Å². The molecule has 1 heterocycles. The Labute approximate surface area is 87.9 Å². The van der Waals surface area contributed by atoms with Crippen LogP contribution in [-0.2, 0) is 4.79 Å². The largest absolute Gasteiger partial charge is 0.372 e. The van der Waals surface area contributed by atoms with Gasteiger partial charge in [0.1, 0.15) is 5.82 Å². The third-order valence-corrected chi connectivity index (χ3v) is 2.62. The number of hydrogen-bond acceptors (Lipinski definition) is 2. The topological polar surface area (TPSA) is 32.3 Å². The summed E-state index contributed by atoms with van der Waals surface area (Å²) >= 11 is 0. The zero-order valence-corrected chi connectivity index (χ0v) is 8.75. The maximum absolute atomic E-state index is 13.1. The zero-order chi connectivity index (χ0) is 11.0. The number of rotatable bonds is 0. The molecule has 1 amide bonds. The van der Waals surface area contributed by atoms with E-state index in [9.17, 15) is 9.18 Å². The number of amides is 1. The smallest absolute Gasteiger partial charge is 0.229 e. The minimum atomic E-state index is -0.288. The molecule has 1 unspecified atom stereocenters. The van der Waals surface area contributed by atoms with Crippen molar-refractivity contribution in [2.75, 3.05) is 23.8 Å². The van der Waals surface area contributed by atoms with Crippen molar-refractivity contribution in [3.63, 3.8) is 0 Å². The molecule has 0 aromatic heterocycles. The lowest BCUT2D eigenvalue weighted by Crippen LogP contribution is -2.27. The van der Waals surface area contributed by atoms with E-state index < -0.39 is 0 Å². The summed E-state index contributed by atoms with van der Waals surface area (Å²) in [6.45, 7) is 2.45. The Hall–Kier alpha value is -1.58. The first-order chi connectivity index (χ1) is 7.08. The van der Waals surface area contributed by atoms with Gasteiger partial charge in [-0.2, -0.15) is 0 Å². The van der Waals surface area contributed by atoms with Gasteiger partial charge in [0, 0.05) is 13.6 Å². The average molecular weight is 208 g/mol. The van der Waals surface area contributed by atoms with E-state index in [1.54, 1.807) is 6.07 Å². The lowest BCUT2D eigenvalue weighted by molar-refractivity contribution is -0.119. The third kappa shape index (κ3) is 1.79. The molecule has 0 saturated carbocycles. The summed E-state index contributed by atoms with van der Waals surface area (Å²) in [5, 5.41) is 2.78. The van der Waals surface area contributed by atoms with Crippen LogP contribution in [0.4, 0.5) is 15.8 Å². The summed E-state index contributed by atoms with van der Waals surface area (Å²) in [6, 6.07) is 4.38. The normalized spacial score (nSPS) is 20.6. The summed E-state index contributed by atoms with van der Waals surface area (Å²) in [5.41, 5.74) is 1.40. The molecule has 0 bridgehead atoms. The summed E-state index contributed by atoms with van der Waals surface area (Å²) in [6.07, 6.45) is 0. The quantitative estimate of drug-likeness (QED) is 0.705. The van der Waals surface area contributed by atoms with Crippen LogP contribution in [0.2, 0.25) is 0 Å². The Balaban J connectivity index is 2.46. The van der Waals surface area contributed by atoms with E-state index in [1.807, 2.05) is 18.9 Å². The van der Waals surface area contributed by atoms with Crippen molar-refractivity contribution >= 4 is 17.3 Å². The van der Waals surface area contributed by atoms with Gasteiger partial charge in [-0.1, -0.05) is 6.92 Å². The number of fused-ring (bicyclic) bond motifs is 1. The molecule has 2 rings (SSSR count). The standard InChI is InChI=1S/C11H13FN2O/c1-7-6-14(2)10-5-8(12)3-4-9(10)13-11(7)15/h3-5,7H,6H2,1-2H3,(H,13,15). The molecule has 1 N–H and O–H groups in total. The first-order valence-corrected chi connectivity index (χ1v) is 4.89. The Morgan fingerprint density at radius 2 is 2.27 bits per heavy atom. The average Bonchev–Trinajstić information content (AvgIpc) is 2.28. The maximum Gasteiger partial charge on any atom is 0.229 e. The number of hydrogen-bond donors (Lipinski definition) is 1. The van der Waals surface area contributed by atoms with Crippen molar-refractivity contribution in [3.8, 4) is 0 Å². The highest BCUT2D eigenvalue weighted by molar-refractivity contribution is 5.97. The van der Waals surface area contributed by atoms with Gasteiger partial charge < -0.3 is 10.2 Å². The maximum atomic E-state index is 13.1. The van der Waals surface area contributed by atoms with Crippen LogP contribution in [0, 0.1) is 11.7 Å². The summed E-state index contributed by atoms with van der Waals surface area (Å²) in [4.78, 5) is 13.5. The highest BCUT2D eigenvalue weighted by Gasteiger charge is 2.22. The van der Waals surface area contributed by atoms with E-state index in [2.05, 4.69) is 5.32 Å². The van der Waals surface area contributed by atoms with Crippen LogP contribution in [-0.4, -0.2) is 19.5 Å². The molecule has 0 spiro atoms. The molecule has 4 heteroatoms. The van der Waals surface area contributed by atoms with Crippen LogP contribution in [0.25, 0.3) is 0 Å². The zero-order valence-electron chi connectivity index (χ0n) is 8.75. The first-order valence-electron chi connectivity index (χ1n) is 4.89. The van der Waals surface area contributed by atoms with Crippen molar-refractivity contribution in [1.82, 2.24) is 0 Å². The highest BCUT2D eigenvalue weighted by Crippen LogP contribution is 2.29. The van der Waals surface area contributed by atoms with Gasteiger partial charge in [0.25, 0.3) is 0 Å². The van der Waals surface area contributed by atoms with Crippen LogP contribution in [0.3, 0.4) is 0 Å². The number of carbonyl (C=O) groups excluding carboxylic acids is 1. The number of benzene rings is 1. The number of nitrogens with zero attached hydrogens (tertiary/aromatic N) is 1. The van der Waals surface area contributed by atoms with Crippen LogP contribution < -0.4 is 10.2 Å². The predicted molar refractivity (Wildman–Crippen MR) is 57.5 cm³/mol. The van der Waals surface area contributed by atoms with Gasteiger partial charge in [-0.05, 0) is 18.2 Å². The van der Waals surface area contributed by atoms with Crippen molar-refractivity contribution in [2.45, 2.75) is 6.92 Å². The number of halogens is 1.